The molecule has 1 aromatic carbocycles. The van der Waals surface area contributed by atoms with Crippen LogP contribution in [0.1, 0.15) is 38.6 Å². The molecular weight excluding hydrogens is 397 g/mol. The van der Waals surface area contributed by atoms with E-state index in [9.17, 15) is 4.79 Å². The molecule has 0 bridgehead atoms. The number of hydrogen-bond acceptors (Lipinski definition) is 4. The molecule has 2 N–H and O–H groups in total. The van der Waals surface area contributed by atoms with Crippen LogP contribution in [0.25, 0.3) is 5.82 Å². The van der Waals surface area contributed by atoms with Gasteiger partial charge < -0.3 is 10.6 Å². The summed E-state index contributed by atoms with van der Waals surface area (Å²) in [6, 6.07) is 11.6. The normalized spacial score (nSPS) is 12.4. The number of carbonyl (C=O) groups excluding carboxylic acids is 1. The van der Waals surface area contributed by atoms with E-state index in [4.69, 9.17) is 11.6 Å². The van der Waals surface area contributed by atoms with E-state index in [-0.39, 0.29) is 24.0 Å². The van der Waals surface area contributed by atoms with E-state index in [1.807, 2.05) is 26.0 Å². The van der Waals surface area contributed by atoms with Crippen LogP contribution in [0.5, 0.6) is 0 Å². The number of aromatic nitrogens is 3. The van der Waals surface area contributed by atoms with Gasteiger partial charge in [0.15, 0.2) is 5.82 Å². The number of benzene rings is 1. The zero-order valence-corrected chi connectivity index (χ0v) is 17.2. The first kappa shape index (κ1) is 20.3. The van der Waals surface area contributed by atoms with Crippen LogP contribution in [0.15, 0.2) is 36.4 Å². The molecule has 0 atom stereocenters. The lowest BCUT2D eigenvalue weighted by atomic mass is 10.1. The largest absolute Gasteiger partial charge is 0.347 e. The molecule has 0 aliphatic carbocycles. The lowest BCUT2D eigenvalue weighted by Gasteiger charge is -2.10. The first-order chi connectivity index (χ1) is 13.0. The van der Waals surface area contributed by atoms with Crippen LogP contribution in [-0.4, -0.2) is 20.7 Å². The summed E-state index contributed by atoms with van der Waals surface area (Å²) in [6.45, 7) is 6.06. The van der Waals surface area contributed by atoms with Crippen molar-refractivity contribution < 1.29 is 4.79 Å². The smallest absolute Gasteiger partial charge is 0.271 e. The second-order valence-corrected chi connectivity index (χ2v) is 7.14. The third-order valence-electron chi connectivity index (χ3n) is 4.63. The lowest BCUT2D eigenvalue weighted by molar-refractivity contribution is 0.0946. The van der Waals surface area contributed by atoms with Crippen molar-refractivity contribution >= 4 is 29.9 Å². The fraction of sp³-hybridized carbons (Fsp3) is 0.250. The predicted molar refractivity (Wildman–Crippen MR) is 111 cm³/mol. The summed E-state index contributed by atoms with van der Waals surface area (Å²) in [6.07, 6.45) is 0. The van der Waals surface area contributed by atoms with Crippen molar-refractivity contribution in [3.63, 3.8) is 0 Å². The molecule has 1 amide bonds. The van der Waals surface area contributed by atoms with Crippen molar-refractivity contribution in [2.75, 3.05) is 0 Å². The third-order valence-corrected chi connectivity index (χ3v) is 4.93. The molecule has 3 heterocycles. The molecular formula is C20H21Cl2N5O. The summed E-state index contributed by atoms with van der Waals surface area (Å²) in [5, 5.41) is 11.0. The van der Waals surface area contributed by atoms with Crippen LogP contribution >= 0.6 is 24.0 Å². The van der Waals surface area contributed by atoms with Crippen LogP contribution in [0, 0.1) is 13.8 Å². The fourth-order valence-electron chi connectivity index (χ4n) is 3.29. The van der Waals surface area contributed by atoms with Gasteiger partial charge in [0.05, 0.1) is 10.7 Å². The minimum Gasteiger partial charge on any atom is -0.347 e. The zero-order valence-electron chi connectivity index (χ0n) is 15.6. The summed E-state index contributed by atoms with van der Waals surface area (Å²) < 4.78 is 1.70. The van der Waals surface area contributed by atoms with E-state index in [1.165, 1.54) is 11.1 Å². The van der Waals surface area contributed by atoms with E-state index in [0.717, 1.165) is 30.0 Å². The minimum atomic E-state index is -0.304. The van der Waals surface area contributed by atoms with Crippen molar-refractivity contribution in [2.45, 2.75) is 33.5 Å². The maximum atomic E-state index is 12.6. The number of halogens is 2. The van der Waals surface area contributed by atoms with E-state index >= 15 is 0 Å². The van der Waals surface area contributed by atoms with Crippen molar-refractivity contribution in [3.8, 4) is 5.82 Å². The maximum absolute atomic E-state index is 12.6. The first-order valence-electron chi connectivity index (χ1n) is 8.81. The van der Waals surface area contributed by atoms with Crippen LogP contribution in [0.2, 0.25) is 5.02 Å². The molecule has 1 aliphatic heterocycles. The molecule has 146 valence electrons. The quantitative estimate of drug-likeness (QED) is 0.681. The number of rotatable bonds is 4. The molecule has 4 rings (SSSR count). The average molecular weight is 418 g/mol. The molecule has 1 aliphatic rings. The van der Waals surface area contributed by atoms with Gasteiger partial charge in [-0.1, -0.05) is 29.8 Å². The Bertz CT molecular complexity index is 1030. The Labute approximate surface area is 174 Å². The molecule has 3 aromatic rings. The zero-order chi connectivity index (χ0) is 19.0. The molecule has 0 saturated heterocycles. The molecule has 0 spiro atoms. The average Bonchev–Trinajstić information content (AvgIpc) is 3.25. The molecule has 0 saturated carbocycles. The SMILES string of the molecule is Cc1cc(C)n(-c2ccc(Cl)c(C(=O)NCc3ccc4c(c3)CNC4)n2)n1.Cl. The maximum Gasteiger partial charge on any atom is 0.271 e. The van der Waals surface area contributed by atoms with Gasteiger partial charge in [-0.2, -0.15) is 5.10 Å². The first-order valence-corrected chi connectivity index (χ1v) is 9.19. The van der Waals surface area contributed by atoms with Crippen molar-refractivity contribution in [3.05, 3.63) is 75.2 Å². The highest BCUT2D eigenvalue weighted by atomic mass is 35.5. The van der Waals surface area contributed by atoms with E-state index in [1.54, 1.807) is 16.8 Å². The number of nitrogens with zero attached hydrogens (tertiary/aromatic N) is 3. The second kappa shape index (κ2) is 8.31. The van der Waals surface area contributed by atoms with Gasteiger partial charge in [-0.3, -0.25) is 4.79 Å². The number of pyridine rings is 1. The number of carbonyl (C=O) groups is 1. The van der Waals surface area contributed by atoms with Crippen LogP contribution in [-0.2, 0) is 19.6 Å². The monoisotopic (exact) mass is 417 g/mol. The van der Waals surface area contributed by atoms with Crippen molar-refractivity contribution in [1.82, 2.24) is 25.4 Å². The van der Waals surface area contributed by atoms with Crippen LogP contribution < -0.4 is 10.6 Å². The van der Waals surface area contributed by atoms with Gasteiger partial charge in [-0.25, -0.2) is 9.67 Å². The highest BCUT2D eigenvalue weighted by molar-refractivity contribution is 6.33. The Morgan fingerprint density at radius 2 is 1.96 bits per heavy atom. The molecule has 28 heavy (non-hydrogen) atoms. The van der Waals surface area contributed by atoms with E-state index in [0.29, 0.717) is 17.4 Å². The van der Waals surface area contributed by atoms with Crippen molar-refractivity contribution in [1.29, 1.82) is 0 Å². The van der Waals surface area contributed by atoms with E-state index < -0.39 is 0 Å². The summed E-state index contributed by atoms with van der Waals surface area (Å²) in [4.78, 5) is 17.1. The minimum absolute atomic E-state index is 0. The predicted octanol–water partition coefficient (Wildman–Crippen LogP) is 3.49. The number of nitrogens with one attached hydrogen (secondary N) is 2. The fourth-order valence-corrected chi connectivity index (χ4v) is 3.49. The summed E-state index contributed by atoms with van der Waals surface area (Å²) in [5.41, 5.74) is 5.68. The highest BCUT2D eigenvalue weighted by Gasteiger charge is 2.16. The Hall–Kier alpha value is -2.41. The van der Waals surface area contributed by atoms with Crippen molar-refractivity contribution in [2.24, 2.45) is 0 Å². The van der Waals surface area contributed by atoms with E-state index in [2.05, 4.69) is 32.8 Å². The number of aryl methyl sites for hydroxylation is 2. The molecule has 0 fully saturated rings. The lowest BCUT2D eigenvalue weighted by Crippen LogP contribution is -2.25. The van der Waals surface area contributed by atoms with Gasteiger partial charge in [0.1, 0.15) is 5.69 Å². The number of amides is 1. The Balaban J connectivity index is 0.00000225. The van der Waals surface area contributed by atoms with Crippen LogP contribution in [0.4, 0.5) is 0 Å². The molecule has 6 nitrogen and oxygen atoms in total. The van der Waals surface area contributed by atoms with Gasteiger partial charge in [0.25, 0.3) is 5.91 Å². The summed E-state index contributed by atoms with van der Waals surface area (Å²) in [7, 11) is 0. The van der Waals surface area contributed by atoms with Gasteiger partial charge in [-0.15, -0.1) is 12.4 Å². The Morgan fingerprint density at radius 1 is 1.18 bits per heavy atom. The van der Waals surface area contributed by atoms with Gasteiger partial charge in [-0.05, 0) is 48.7 Å². The molecule has 8 heteroatoms. The van der Waals surface area contributed by atoms with Crippen LogP contribution in [0.3, 0.4) is 0 Å². The summed E-state index contributed by atoms with van der Waals surface area (Å²) >= 11 is 6.22. The van der Waals surface area contributed by atoms with Gasteiger partial charge in [0, 0.05) is 25.3 Å². The molecule has 2 aromatic heterocycles. The Morgan fingerprint density at radius 3 is 2.71 bits per heavy atom. The van der Waals surface area contributed by atoms with Gasteiger partial charge >= 0.3 is 0 Å². The molecule has 0 radical (unpaired) electrons. The number of hydrogen-bond donors (Lipinski definition) is 2. The Kier molecular flexibility index (Phi) is 6.03. The standard InChI is InChI=1S/C20H20ClN5O.ClH/c1-12-7-13(2)26(25-12)18-6-5-17(21)19(24-18)20(27)23-9-14-3-4-15-10-22-11-16(15)8-14;/h3-8,22H,9-11H2,1-2H3,(H,23,27);1H. The number of fused-ring (bicyclic) bond motifs is 1. The highest BCUT2D eigenvalue weighted by Crippen LogP contribution is 2.19. The summed E-state index contributed by atoms with van der Waals surface area (Å²) in [5.74, 6) is 0.265. The van der Waals surface area contributed by atoms with Gasteiger partial charge in [0.2, 0.25) is 0 Å². The second-order valence-electron chi connectivity index (χ2n) is 6.73. The molecule has 0 unspecified atom stereocenters. The third kappa shape index (κ3) is 4.04. The topological polar surface area (TPSA) is 71.8 Å².